The van der Waals surface area contributed by atoms with Crippen LogP contribution in [-0.2, 0) is 15.4 Å². The van der Waals surface area contributed by atoms with Crippen molar-refractivity contribution in [2.75, 3.05) is 10.5 Å². The Morgan fingerprint density at radius 1 is 1.20 bits per heavy atom. The molecule has 0 saturated carbocycles. The molecule has 0 aliphatic carbocycles. The molecule has 1 aromatic carbocycles. The summed E-state index contributed by atoms with van der Waals surface area (Å²) < 4.78 is 31.8. The van der Waals surface area contributed by atoms with Gasteiger partial charge in [-0.25, -0.2) is 8.42 Å². The van der Waals surface area contributed by atoms with Crippen molar-refractivity contribution < 1.29 is 12.9 Å². The zero-order valence-electron chi connectivity index (χ0n) is 11.5. The van der Waals surface area contributed by atoms with Crippen molar-refractivity contribution in [3.8, 4) is 0 Å². The van der Waals surface area contributed by atoms with Crippen molar-refractivity contribution in [1.82, 2.24) is 5.16 Å². The third-order valence-corrected chi connectivity index (χ3v) is 4.05. The van der Waals surface area contributed by atoms with Gasteiger partial charge in [-0.05, 0) is 24.3 Å². The molecule has 0 fully saturated rings. The standard InChI is InChI=1S/C13H17N3O3S/c1-13(2,3)11-8-12(15-19-11)16-20(17,18)10-6-4-9(14)5-7-10/h4-8H,14H2,1-3H3,(H,15,16). The van der Waals surface area contributed by atoms with Gasteiger partial charge in [0.1, 0.15) is 5.76 Å². The predicted octanol–water partition coefficient (Wildman–Crippen LogP) is 2.36. The highest BCUT2D eigenvalue weighted by atomic mass is 32.2. The van der Waals surface area contributed by atoms with Gasteiger partial charge in [0.2, 0.25) is 0 Å². The van der Waals surface area contributed by atoms with E-state index in [9.17, 15) is 8.42 Å². The summed E-state index contributed by atoms with van der Waals surface area (Å²) in [4.78, 5) is 0.118. The van der Waals surface area contributed by atoms with Crippen molar-refractivity contribution in [2.45, 2.75) is 31.1 Å². The molecule has 1 aromatic heterocycles. The Hall–Kier alpha value is -2.02. The highest BCUT2D eigenvalue weighted by Gasteiger charge is 2.22. The van der Waals surface area contributed by atoms with E-state index < -0.39 is 10.0 Å². The quantitative estimate of drug-likeness (QED) is 0.847. The Labute approximate surface area is 118 Å². The van der Waals surface area contributed by atoms with Crippen molar-refractivity contribution in [3.05, 3.63) is 36.1 Å². The van der Waals surface area contributed by atoms with Gasteiger partial charge >= 0.3 is 0 Å². The molecule has 0 aliphatic rings. The summed E-state index contributed by atoms with van der Waals surface area (Å²) in [5, 5.41) is 3.72. The maximum absolute atomic E-state index is 12.1. The summed E-state index contributed by atoms with van der Waals surface area (Å²) in [7, 11) is -3.69. The van der Waals surface area contributed by atoms with Crippen LogP contribution in [0.4, 0.5) is 11.5 Å². The van der Waals surface area contributed by atoms with Crippen LogP contribution in [0.3, 0.4) is 0 Å². The summed E-state index contributed by atoms with van der Waals surface area (Å²) in [6.07, 6.45) is 0. The number of anilines is 2. The number of aromatic nitrogens is 1. The van der Waals surface area contributed by atoms with Gasteiger partial charge < -0.3 is 10.3 Å². The molecule has 108 valence electrons. The second-order valence-corrected chi connectivity index (χ2v) is 7.18. The Morgan fingerprint density at radius 2 is 1.80 bits per heavy atom. The average molecular weight is 295 g/mol. The monoisotopic (exact) mass is 295 g/mol. The molecular formula is C13H17N3O3S. The lowest BCUT2D eigenvalue weighted by molar-refractivity contribution is 0.331. The number of hydrogen-bond acceptors (Lipinski definition) is 5. The minimum absolute atomic E-state index is 0.118. The molecule has 3 N–H and O–H groups in total. The fourth-order valence-corrected chi connectivity index (χ4v) is 2.50. The fraction of sp³-hybridized carbons (Fsp3) is 0.308. The molecule has 7 heteroatoms. The first-order chi connectivity index (χ1) is 9.18. The summed E-state index contributed by atoms with van der Waals surface area (Å²) >= 11 is 0. The number of nitrogens with one attached hydrogen (secondary N) is 1. The van der Waals surface area contributed by atoms with Crippen molar-refractivity contribution in [1.29, 1.82) is 0 Å². The first-order valence-corrected chi connectivity index (χ1v) is 7.52. The molecule has 0 unspecified atom stereocenters. The van der Waals surface area contributed by atoms with Gasteiger partial charge in [0.05, 0.1) is 4.90 Å². The SMILES string of the molecule is CC(C)(C)c1cc(NS(=O)(=O)c2ccc(N)cc2)no1. The third-order valence-electron chi connectivity index (χ3n) is 2.68. The first kappa shape index (κ1) is 14.4. The molecule has 0 amide bonds. The van der Waals surface area contributed by atoms with Crippen molar-refractivity contribution >= 4 is 21.5 Å². The van der Waals surface area contributed by atoms with E-state index in [0.29, 0.717) is 11.4 Å². The van der Waals surface area contributed by atoms with Gasteiger partial charge in [-0.1, -0.05) is 25.9 Å². The summed E-state index contributed by atoms with van der Waals surface area (Å²) in [6.45, 7) is 5.85. The van der Waals surface area contributed by atoms with Crippen LogP contribution in [0.2, 0.25) is 0 Å². The molecule has 1 heterocycles. The summed E-state index contributed by atoms with van der Waals surface area (Å²) in [5.74, 6) is 0.763. The van der Waals surface area contributed by atoms with Crippen LogP contribution in [0.25, 0.3) is 0 Å². The number of nitrogens with two attached hydrogens (primary N) is 1. The van der Waals surface area contributed by atoms with Crippen LogP contribution < -0.4 is 10.5 Å². The van der Waals surface area contributed by atoms with Gasteiger partial charge in [-0.2, -0.15) is 0 Å². The van der Waals surface area contributed by atoms with E-state index in [0.717, 1.165) is 0 Å². The van der Waals surface area contributed by atoms with Gasteiger partial charge in [0.25, 0.3) is 10.0 Å². The zero-order valence-corrected chi connectivity index (χ0v) is 12.4. The molecule has 2 rings (SSSR count). The van der Waals surface area contributed by atoms with Crippen molar-refractivity contribution in [2.24, 2.45) is 0 Å². The highest BCUT2D eigenvalue weighted by molar-refractivity contribution is 7.92. The minimum atomic E-state index is -3.69. The van der Waals surface area contributed by atoms with Gasteiger partial charge in [-0.3, -0.25) is 4.72 Å². The normalized spacial score (nSPS) is 12.3. The minimum Gasteiger partial charge on any atom is -0.399 e. The molecule has 0 radical (unpaired) electrons. The Morgan fingerprint density at radius 3 is 2.30 bits per heavy atom. The second-order valence-electron chi connectivity index (χ2n) is 5.50. The van der Waals surface area contributed by atoms with E-state index in [2.05, 4.69) is 9.88 Å². The predicted molar refractivity (Wildman–Crippen MR) is 76.9 cm³/mol. The average Bonchev–Trinajstić information content (AvgIpc) is 2.77. The molecule has 2 aromatic rings. The number of benzene rings is 1. The first-order valence-electron chi connectivity index (χ1n) is 6.04. The largest absolute Gasteiger partial charge is 0.399 e. The molecule has 0 saturated heterocycles. The number of rotatable bonds is 3. The van der Waals surface area contributed by atoms with Gasteiger partial charge in [-0.15, -0.1) is 0 Å². The van der Waals surface area contributed by atoms with Crippen molar-refractivity contribution in [3.63, 3.8) is 0 Å². The molecule has 20 heavy (non-hydrogen) atoms. The Balaban J connectivity index is 2.25. The van der Waals surface area contributed by atoms with E-state index in [4.69, 9.17) is 10.3 Å². The lowest BCUT2D eigenvalue weighted by atomic mass is 9.93. The van der Waals surface area contributed by atoms with E-state index >= 15 is 0 Å². The van der Waals surface area contributed by atoms with Gasteiger partial charge in [0, 0.05) is 17.2 Å². The molecule has 0 bridgehead atoms. The van der Waals surface area contributed by atoms with Crippen LogP contribution >= 0.6 is 0 Å². The molecule has 0 atom stereocenters. The van der Waals surface area contributed by atoms with Gasteiger partial charge in [0.15, 0.2) is 5.82 Å². The summed E-state index contributed by atoms with van der Waals surface area (Å²) in [5.41, 5.74) is 5.79. The number of nitrogens with zero attached hydrogens (tertiary/aromatic N) is 1. The Bertz CT molecular complexity index is 697. The van der Waals surface area contributed by atoms with Crippen LogP contribution in [0.1, 0.15) is 26.5 Å². The maximum atomic E-state index is 12.1. The summed E-state index contributed by atoms with van der Waals surface area (Å²) in [6, 6.07) is 7.50. The molecule has 6 nitrogen and oxygen atoms in total. The van der Waals surface area contributed by atoms with E-state index in [-0.39, 0.29) is 16.1 Å². The van der Waals surface area contributed by atoms with Crippen LogP contribution in [0.15, 0.2) is 39.8 Å². The Kier molecular flexibility index (Phi) is 3.47. The topological polar surface area (TPSA) is 98.2 Å². The molecule has 0 spiro atoms. The van der Waals surface area contributed by atoms with E-state index in [1.807, 2.05) is 20.8 Å². The van der Waals surface area contributed by atoms with Crippen LogP contribution in [-0.4, -0.2) is 13.6 Å². The maximum Gasteiger partial charge on any atom is 0.263 e. The smallest absolute Gasteiger partial charge is 0.263 e. The fourth-order valence-electron chi connectivity index (χ4n) is 1.52. The van der Waals surface area contributed by atoms with E-state index in [1.165, 1.54) is 24.3 Å². The third kappa shape index (κ3) is 3.11. The molecular weight excluding hydrogens is 278 g/mol. The lowest BCUT2D eigenvalue weighted by Gasteiger charge is -2.12. The number of nitrogen functional groups attached to an aromatic ring is 1. The zero-order chi connectivity index (χ0) is 15.0. The second kappa shape index (κ2) is 4.82. The lowest BCUT2D eigenvalue weighted by Crippen LogP contribution is -2.13. The highest BCUT2D eigenvalue weighted by Crippen LogP contribution is 2.25. The van der Waals surface area contributed by atoms with Crippen LogP contribution in [0.5, 0.6) is 0 Å². The number of hydrogen-bond donors (Lipinski definition) is 2. The van der Waals surface area contributed by atoms with Crippen LogP contribution in [0, 0.1) is 0 Å². The van der Waals surface area contributed by atoms with E-state index in [1.54, 1.807) is 6.07 Å². The molecule has 0 aliphatic heterocycles. The number of sulfonamides is 1.